The molecule has 15 heteroatoms. The number of nitrogens with one attached hydrogen (secondary N) is 1. The van der Waals surface area contributed by atoms with E-state index in [1.807, 2.05) is 0 Å². The van der Waals surface area contributed by atoms with E-state index in [2.05, 4.69) is 20.3 Å². The second-order valence-electron chi connectivity index (χ2n) is 9.58. The second kappa shape index (κ2) is 9.37. The first-order chi connectivity index (χ1) is 18.2. The van der Waals surface area contributed by atoms with Gasteiger partial charge in [-0.05, 0) is 49.9 Å². The van der Waals surface area contributed by atoms with Gasteiger partial charge >= 0.3 is 6.18 Å². The summed E-state index contributed by atoms with van der Waals surface area (Å²) >= 11 is 6.21. The molecule has 0 saturated heterocycles. The molecule has 2 aliphatic rings. The number of alkyl halides is 5. The number of hydrogen-bond acceptors (Lipinski definition) is 6. The van der Waals surface area contributed by atoms with Crippen LogP contribution in [0.3, 0.4) is 0 Å². The Hall–Kier alpha value is -3.39. The van der Waals surface area contributed by atoms with Crippen molar-refractivity contribution in [1.82, 2.24) is 14.5 Å². The van der Waals surface area contributed by atoms with Gasteiger partial charge in [-0.25, -0.2) is 23.1 Å². The van der Waals surface area contributed by atoms with Gasteiger partial charge in [0.15, 0.2) is 0 Å². The summed E-state index contributed by atoms with van der Waals surface area (Å²) in [6.07, 6.45) is -5.02. The normalized spacial score (nSPS) is 23.8. The number of nitrogens with two attached hydrogens (primary N) is 1. The summed E-state index contributed by atoms with van der Waals surface area (Å²) in [6, 6.07) is 4.91. The summed E-state index contributed by atoms with van der Waals surface area (Å²) in [4.78, 5) is 25.4. The minimum atomic E-state index is -4.86. The van der Waals surface area contributed by atoms with Gasteiger partial charge in [0.1, 0.15) is 34.4 Å². The van der Waals surface area contributed by atoms with Gasteiger partial charge in [0.25, 0.3) is 12.3 Å². The van der Waals surface area contributed by atoms with E-state index in [-0.39, 0.29) is 33.7 Å². The number of aliphatic imine (C=N–C) groups is 1. The van der Waals surface area contributed by atoms with Gasteiger partial charge in [-0.15, -0.1) is 0 Å². The minimum Gasteiger partial charge on any atom is -0.385 e. The Kier molecular flexibility index (Phi) is 6.53. The summed E-state index contributed by atoms with van der Waals surface area (Å²) in [6.45, 7) is -0.468. The van der Waals surface area contributed by atoms with Crippen molar-refractivity contribution in [2.24, 2.45) is 16.6 Å². The number of amides is 1. The van der Waals surface area contributed by atoms with Crippen molar-refractivity contribution in [2.45, 2.75) is 50.1 Å². The first-order valence-corrected chi connectivity index (χ1v) is 12.1. The van der Waals surface area contributed by atoms with Gasteiger partial charge in [-0.2, -0.15) is 13.2 Å². The van der Waals surface area contributed by atoms with Crippen LogP contribution in [0.2, 0.25) is 5.02 Å². The molecule has 0 bridgehead atoms. The highest BCUT2D eigenvalue weighted by Gasteiger charge is 2.62. The van der Waals surface area contributed by atoms with E-state index in [0.29, 0.717) is 18.4 Å². The number of hydrogen-bond donors (Lipinski definition) is 2. The van der Waals surface area contributed by atoms with Crippen LogP contribution in [0.15, 0.2) is 35.5 Å². The van der Waals surface area contributed by atoms with E-state index in [1.54, 1.807) is 0 Å². The Labute approximate surface area is 222 Å². The summed E-state index contributed by atoms with van der Waals surface area (Å²) in [7, 11) is 0. The maximum absolute atomic E-state index is 15.1. The average molecular weight is 575 g/mol. The lowest BCUT2D eigenvalue weighted by Crippen LogP contribution is -2.61. The molecule has 1 aliphatic carbocycles. The van der Waals surface area contributed by atoms with Gasteiger partial charge in [0.05, 0.1) is 29.2 Å². The van der Waals surface area contributed by atoms with Gasteiger partial charge in [0, 0.05) is 6.20 Å². The largest absolute Gasteiger partial charge is 0.424 e. The molecule has 39 heavy (non-hydrogen) atoms. The van der Waals surface area contributed by atoms with E-state index in [1.165, 1.54) is 22.9 Å². The highest BCUT2D eigenvalue weighted by molar-refractivity contribution is 6.34. The van der Waals surface area contributed by atoms with Gasteiger partial charge in [-0.3, -0.25) is 9.79 Å². The van der Waals surface area contributed by atoms with E-state index in [4.69, 9.17) is 22.1 Å². The van der Waals surface area contributed by atoms with Crippen molar-refractivity contribution < 1.29 is 35.9 Å². The molecule has 3 aromatic rings. The third-order valence-electron chi connectivity index (χ3n) is 6.94. The van der Waals surface area contributed by atoms with Crippen molar-refractivity contribution in [3.05, 3.63) is 52.7 Å². The molecule has 8 nitrogen and oxygen atoms in total. The Balaban J connectivity index is 1.47. The number of amidine groups is 1. The molecule has 0 aromatic carbocycles. The number of nitrogens with zero attached hydrogens (tertiary/aromatic N) is 4. The Morgan fingerprint density at radius 1 is 1.28 bits per heavy atom. The highest BCUT2D eigenvalue weighted by Crippen LogP contribution is 2.52. The van der Waals surface area contributed by atoms with Crippen LogP contribution in [0.4, 0.5) is 32.2 Å². The number of anilines is 1. The van der Waals surface area contributed by atoms with Gasteiger partial charge in [-0.1, -0.05) is 11.6 Å². The van der Waals surface area contributed by atoms with Crippen LogP contribution in [0.25, 0.3) is 11.0 Å². The van der Waals surface area contributed by atoms with Crippen molar-refractivity contribution in [2.75, 3.05) is 11.9 Å². The molecule has 1 aliphatic heterocycles. The molecule has 5 rings (SSSR count). The van der Waals surface area contributed by atoms with Crippen LogP contribution in [-0.2, 0) is 16.8 Å². The molecule has 208 valence electrons. The third-order valence-corrected chi connectivity index (χ3v) is 7.23. The molecular weight excluding hydrogens is 554 g/mol. The van der Waals surface area contributed by atoms with Crippen LogP contribution in [-0.4, -0.2) is 51.1 Å². The number of halogens is 7. The smallest absolute Gasteiger partial charge is 0.385 e. The Morgan fingerprint density at radius 2 is 2.00 bits per heavy atom. The molecule has 0 unspecified atom stereocenters. The lowest BCUT2D eigenvalue weighted by atomic mass is 9.86. The van der Waals surface area contributed by atoms with Gasteiger partial charge < -0.3 is 20.4 Å². The monoisotopic (exact) mass is 574 g/mol. The van der Waals surface area contributed by atoms with E-state index in [9.17, 15) is 26.7 Å². The molecule has 2 atom stereocenters. The van der Waals surface area contributed by atoms with E-state index < -0.39 is 54.5 Å². The number of carbonyl (C=O) groups is 1. The minimum absolute atomic E-state index is 0.129. The summed E-state index contributed by atoms with van der Waals surface area (Å²) in [5.41, 5.74) is 1.23. The Morgan fingerprint density at radius 3 is 2.62 bits per heavy atom. The molecule has 3 N–H and O–H groups in total. The maximum atomic E-state index is 15.1. The zero-order valence-electron chi connectivity index (χ0n) is 20.2. The first-order valence-electron chi connectivity index (χ1n) is 11.7. The summed E-state index contributed by atoms with van der Waals surface area (Å²) in [5.74, 6) is -3.08. The average Bonchev–Trinajstić information content (AvgIpc) is 3.64. The second-order valence-corrected chi connectivity index (χ2v) is 9.99. The maximum Gasteiger partial charge on any atom is 0.424 e. The summed E-state index contributed by atoms with van der Waals surface area (Å²) < 4.78 is 88.0. The molecule has 1 saturated carbocycles. The fourth-order valence-electron chi connectivity index (χ4n) is 4.54. The number of pyridine rings is 2. The molecule has 1 amide bonds. The van der Waals surface area contributed by atoms with Crippen molar-refractivity contribution in [3.8, 4) is 0 Å². The lowest BCUT2D eigenvalue weighted by Gasteiger charge is -2.42. The molecule has 1 fully saturated rings. The van der Waals surface area contributed by atoms with Crippen molar-refractivity contribution in [3.63, 3.8) is 0 Å². The standard InChI is InChI=1S/C24H21ClF6N6O2/c1-22(24(29,30)31)21(32)36-23(10-39-22,11-2-3-11)19-13(26)4-5-17(34-19)35-20(38)18-12(25)8-15-14(33-18)6-7-37(15)9-16(27)28/h4-8,11,16H,2-3,9-10H2,1H3,(H2,32,36)(H,34,35,38)/t22-,23-/m1/s1. The van der Waals surface area contributed by atoms with Crippen LogP contribution in [0.1, 0.15) is 35.9 Å². The van der Waals surface area contributed by atoms with Crippen LogP contribution in [0, 0.1) is 11.7 Å². The van der Waals surface area contributed by atoms with Crippen LogP contribution < -0.4 is 11.1 Å². The molecule has 0 spiro atoms. The predicted octanol–water partition coefficient (Wildman–Crippen LogP) is 5.05. The highest BCUT2D eigenvalue weighted by atomic mass is 35.5. The molecule has 0 radical (unpaired) electrons. The first kappa shape index (κ1) is 27.2. The molecular formula is C24H21ClF6N6O2. The molecule has 3 aromatic heterocycles. The lowest BCUT2D eigenvalue weighted by molar-refractivity contribution is -0.251. The zero-order valence-corrected chi connectivity index (χ0v) is 21.0. The number of ether oxygens (including phenoxy) is 1. The van der Waals surface area contributed by atoms with Gasteiger partial charge in [0.2, 0.25) is 5.60 Å². The zero-order chi connectivity index (χ0) is 28.3. The van der Waals surface area contributed by atoms with Crippen LogP contribution >= 0.6 is 11.6 Å². The fraction of sp³-hybridized carbons (Fsp3) is 0.417. The SMILES string of the molecule is C[C@@]1(C(F)(F)F)OC[C@](c2nc(NC(=O)c3nc4ccn(CC(F)F)c4cc3Cl)ccc2F)(C2CC2)N=C1N. The molecule has 4 heterocycles. The number of aromatic nitrogens is 3. The fourth-order valence-corrected chi connectivity index (χ4v) is 4.77. The quantitative estimate of drug-likeness (QED) is 0.401. The third kappa shape index (κ3) is 4.69. The Bertz CT molecular complexity index is 1490. The van der Waals surface area contributed by atoms with Crippen molar-refractivity contribution in [1.29, 1.82) is 0 Å². The van der Waals surface area contributed by atoms with E-state index >= 15 is 4.39 Å². The van der Waals surface area contributed by atoms with Crippen molar-refractivity contribution >= 4 is 40.2 Å². The van der Waals surface area contributed by atoms with Crippen LogP contribution in [0.5, 0.6) is 0 Å². The van der Waals surface area contributed by atoms with E-state index in [0.717, 1.165) is 19.1 Å². The number of rotatable bonds is 6. The number of carbonyl (C=O) groups excluding carboxylic acids is 1. The summed E-state index contributed by atoms with van der Waals surface area (Å²) in [5, 5.41) is 2.32. The predicted molar refractivity (Wildman–Crippen MR) is 129 cm³/mol. The number of fused-ring (bicyclic) bond motifs is 1. The topological polar surface area (TPSA) is 107 Å².